The van der Waals surface area contributed by atoms with Crippen LogP contribution in [-0.4, -0.2) is 29.6 Å². The molecule has 2 aromatic carbocycles. The Labute approximate surface area is 178 Å². The predicted octanol–water partition coefficient (Wildman–Crippen LogP) is 5.09. The lowest BCUT2D eigenvalue weighted by atomic mass is 10.0. The number of ether oxygens (including phenoxy) is 2. The van der Waals surface area contributed by atoms with Crippen LogP contribution in [0.1, 0.15) is 46.8 Å². The number of hydrogen-bond donors (Lipinski definition) is 0. The molecule has 1 atom stereocenters. The van der Waals surface area contributed by atoms with E-state index in [9.17, 15) is 0 Å². The molecule has 3 aromatic rings. The monoisotopic (exact) mass is 400 g/mol. The minimum atomic E-state index is 0.445. The molecule has 2 aliphatic heterocycles. The van der Waals surface area contributed by atoms with E-state index in [4.69, 9.17) is 9.47 Å². The molecule has 5 rings (SSSR count). The molecule has 0 aliphatic carbocycles. The van der Waals surface area contributed by atoms with Gasteiger partial charge in [0.05, 0.1) is 0 Å². The van der Waals surface area contributed by atoms with Gasteiger partial charge in [-0.25, -0.2) is 0 Å². The number of nitrogens with zero attached hydrogens (tertiary/aromatic N) is 2. The Morgan fingerprint density at radius 2 is 1.70 bits per heavy atom. The molecule has 1 aromatic heterocycles. The highest BCUT2D eigenvalue weighted by atomic mass is 16.6. The Balaban J connectivity index is 1.27. The van der Waals surface area contributed by atoms with Crippen molar-refractivity contribution in [3.05, 3.63) is 88.7 Å². The molecule has 1 fully saturated rings. The van der Waals surface area contributed by atoms with Crippen molar-refractivity contribution in [2.45, 2.75) is 38.8 Å². The molecule has 30 heavy (non-hydrogen) atoms. The zero-order valence-electron chi connectivity index (χ0n) is 17.5. The fourth-order valence-corrected chi connectivity index (χ4v) is 4.61. The molecule has 0 radical (unpaired) electrons. The van der Waals surface area contributed by atoms with Crippen molar-refractivity contribution in [2.24, 2.45) is 0 Å². The molecule has 154 valence electrons. The number of likely N-dealkylation sites (tertiary alicyclic amines) is 1. The van der Waals surface area contributed by atoms with Crippen LogP contribution in [0.2, 0.25) is 0 Å². The van der Waals surface area contributed by atoms with Crippen LogP contribution in [0, 0.1) is 6.92 Å². The van der Waals surface area contributed by atoms with Crippen molar-refractivity contribution in [3.63, 3.8) is 0 Å². The van der Waals surface area contributed by atoms with Crippen molar-refractivity contribution < 1.29 is 9.47 Å². The van der Waals surface area contributed by atoms with Gasteiger partial charge in [0.1, 0.15) is 13.2 Å². The third-order valence-electron chi connectivity index (χ3n) is 6.09. The lowest BCUT2D eigenvalue weighted by molar-refractivity contribution is 0.170. The standard InChI is InChI=1S/C26H28N2O2/c1-19-15-22(10-11-27-19)16-20-4-6-21(7-5-20)18-28-12-2-3-24(28)23-8-9-25-26(17-23)30-14-13-29-25/h4-11,15,17,24H,2-3,12-14,16,18H2,1H3/t24-/m0/s1. The SMILES string of the molecule is Cc1cc(Cc2ccc(CN3CCC[C@H]3c3ccc4c(c3)OCCO4)cc2)ccn1. The van der Waals surface area contributed by atoms with E-state index >= 15 is 0 Å². The molecular weight excluding hydrogens is 372 g/mol. The van der Waals surface area contributed by atoms with E-state index in [-0.39, 0.29) is 0 Å². The van der Waals surface area contributed by atoms with Gasteiger partial charge in [-0.05, 0) is 79.3 Å². The number of benzene rings is 2. The zero-order chi connectivity index (χ0) is 20.3. The molecule has 2 aliphatic rings. The van der Waals surface area contributed by atoms with Gasteiger partial charge in [0.2, 0.25) is 0 Å². The summed E-state index contributed by atoms with van der Waals surface area (Å²) in [6.45, 7) is 5.43. The van der Waals surface area contributed by atoms with Crippen LogP contribution in [-0.2, 0) is 13.0 Å². The van der Waals surface area contributed by atoms with Gasteiger partial charge >= 0.3 is 0 Å². The molecule has 0 bridgehead atoms. The highest BCUT2D eigenvalue weighted by Crippen LogP contribution is 2.38. The first-order chi connectivity index (χ1) is 14.7. The predicted molar refractivity (Wildman–Crippen MR) is 118 cm³/mol. The zero-order valence-corrected chi connectivity index (χ0v) is 17.5. The minimum Gasteiger partial charge on any atom is -0.486 e. The molecule has 0 unspecified atom stereocenters. The van der Waals surface area contributed by atoms with E-state index in [1.807, 2.05) is 13.1 Å². The van der Waals surface area contributed by atoms with Gasteiger partial charge in [-0.15, -0.1) is 0 Å². The fraction of sp³-hybridized carbons (Fsp3) is 0.346. The molecule has 0 N–H and O–H groups in total. The summed E-state index contributed by atoms with van der Waals surface area (Å²) >= 11 is 0. The maximum absolute atomic E-state index is 5.80. The summed E-state index contributed by atoms with van der Waals surface area (Å²) in [5, 5.41) is 0. The maximum Gasteiger partial charge on any atom is 0.161 e. The number of aromatic nitrogens is 1. The van der Waals surface area contributed by atoms with Crippen LogP contribution in [0.4, 0.5) is 0 Å². The first kappa shape index (κ1) is 19.1. The highest BCUT2D eigenvalue weighted by molar-refractivity contribution is 5.45. The van der Waals surface area contributed by atoms with Crippen LogP contribution in [0.3, 0.4) is 0 Å². The third kappa shape index (κ3) is 4.19. The van der Waals surface area contributed by atoms with E-state index in [0.29, 0.717) is 19.3 Å². The molecule has 0 spiro atoms. The van der Waals surface area contributed by atoms with E-state index in [2.05, 4.69) is 64.5 Å². The minimum absolute atomic E-state index is 0.445. The summed E-state index contributed by atoms with van der Waals surface area (Å²) in [6, 6.07) is 20.2. The quantitative estimate of drug-likeness (QED) is 0.598. The van der Waals surface area contributed by atoms with Gasteiger partial charge in [-0.2, -0.15) is 0 Å². The fourth-order valence-electron chi connectivity index (χ4n) is 4.61. The third-order valence-corrected chi connectivity index (χ3v) is 6.09. The van der Waals surface area contributed by atoms with Crippen molar-refractivity contribution in [1.29, 1.82) is 0 Å². The smallest absolute Gasteiger partial charge is 0.161 e. The number of pyridine rings is 1. The van der Waals surface area contributed by atoms with Gasteiger partial charge in [0.25, 0.3) is 0 Å². The summed E-state index contributed by atoms with van der Waals surface area (Å²) < 4.78 is 11.5. The molecule has 3 heterocycles. The van der Waals surface area contributed by atoms with Crippen molar-refractivity contribution in [2.75, 3.05) is 19.8 Å². The topological polar surface area (TPSA) is 34.6 Å². The Morgan fingerprint density at radius 1 is 0.900 bits per heavy atom. The van der Waals surface area contributed by atoms with E-state index in [1.54, 1.807) is 0 Å². The average molecular weight is 401 g/mol. The largest absolute Gasteiger partial charge is 0.486 e. The van der Waals surface area contributed by atoms with Crippen LogP contribution < -0.4 is 9.47 Å². The van der Waals surface area contributed by atoms with E-state index in [0.717, 1.165) is 36.7 Å². The van der Waals surface area contributed by atoms with Gasteiger partial charge in [-0.1, -0.05) is 30.3 Å². The Bertz CT molecular complexity index is 1020. The van der Waals surface area contributed by atoms with E-state index < -0.39 is 0 Å². The lowest BCUT2D eigenvalue weighted by Gasteiger charge is -2.26. The van der Waals surface area contributed by atoms with Gasteiger partial charge in [-0.3, -0.25) is 9.88 Å². The highest BCUT2D eigenvalue weighted by Gasteiger charge is 2.27. The molecule has 4 nitrogen and oxygen atoms in total. The van der Waals surface area contributed by atoms with Gasteiger partial charge in [0, 0.05) is 24.5 Å². The number of rotatable bonds is 5. The second-order valence-corrected chi connectivity index (χ2v) is 8.33. The summed E-state index contributed by atoms with van der Waals surface area (Å²) in [4.78, 5) is 6.88. The Kier molecular flexibility index (Phi) is 5.41. The Hall–Kier alpha value is -2.85. The normalized spacial score (nSPS) is 18.5. The summed E-state index contributed by atoms with van der Waals surface area (Å²) in [7, 11) is 0. The average Bonchev–Trinajstić information content (AvgIpc) is 3.23. The first-order valence-electron chi connectivity index (χ1n) is 10.9. The summed E-state index contributed by atoms with van der Waals surface area (Å²) in [5.74, 6) is 1.76. The van der Waals surface area contributed by atoms with Gasteiger partial charge in [0.15, 0.2) is 11.5 Å². The summed E-state index contributed by atoms with van der Waals surface area (Å²) in [5.41, 5.74) is 6.43. The molecule has 4 heteroatoms. The van der Waals surface area contributed by atoms with Gasteiger partial charge < -0.3 is 9.47 Å². The lowest BCUT2D eigenvalue weighted by Crippen LogP contribution is -2.23. The van der Waals surface area contributed by atoms with E-state index in [1.165, 1.54) is 35.1 Å². The Morgan fingerprint density at radius 3 is 2.53 bits per heavy atom. The summed E-state index contributed by atoms with van der Waals surface area (Å²) in [6.07, 6.45) is 5.27. The maximum atomic E-state index is 5.80. The van der Waals surface area contributed by atoms with Crippen molar-refractivity contribution >= 4 is 0 Å². The second-order valence-electron chi connectivity index (χ2n) is 8.33. The molecule has 0 amide bonds. The molecule has 0 saturated carbocycles. The van der Waals surface area contributed by atoms with Crippen molar-refractivity contribution in [3.8, 4) is 11.5 Å². The second kappa shape index (κ2) is 8.49. The van der Waals surface area contributed by atoms with Crippen molar-refractivity contribution in [1.82, 2.24) is 9.88 Å². The molecular formula is C26H28N2O2. The number of aryl methyl sites for hydroxylation is 1. The number of hydrogen-bond acceptors (Lipinski definition) is 4. The molecule has 1 saturated heterocycles. The van der Waals surface area contributed by atoms with Crippen LogP contribution in [0.15, 0.2) is 60.8 Å². The van der Waals surface area contributed by atoms with Crippen LogP contribution in [0.25, 0.3) is 0 Å². The van der Waals surface area contributed by atoms with Crippen LogP contribution in [0.5, 0.6) is 11.5 Å². The van der Waals surface area contributed by atoms with Crippen LogP contribution >= 0.6 is 0 Å². The first-order valence-corrected chi connectivity index (χ1v) is 10.9. The number of fused-ring (bicyclic) bond motifs is 1.